The van der Waals surface area contributed by atoms with Gasteiger partial charge in [-0.2, -0.15) is 0 Å². The third-order valence-electron chi connectivity index (χ3n) is 4.45. The predicted molar refractivity (Wildman–Crippen MR) is 115 cm³/mol. The second kappa shape index (κ2) is 7.37. The first-order valence-electron chi connectivity index (χ1n) is 8.65. The zero-order valence-corrected chi connectivity index (χ0v) is 17.9. The van der Waals surface area contributed by atoms with E-state index in [1.54, 1.807) is 30.3 Å². The molecule has 148 valence electrons. The smallest absolute Gasteiger partial charge is 0.175 e. The van der Waals surface area contributed by atoms with Gasteiger partial charge in [-0.25, -0.2) is 13.4 Å². The van der Waals surface area contributed by atoms with Crippen LogP contribution in [0.4, 0.5) is 0 Å². The molecule has 8 heteroatoms. The maximum atomic E-state index is 11.6. The summed E-state index contributed by atoms with van der Waals surface area (Å²) in [5, 5.41) is 1.10. The van der Waals surface area contributed by atoms with E-state index in [4.69, 9.17) is 27.9 Å². The van der Waals surface area contributed by atoms with Crippen LogP contribution in [0.25, 0.3) is 16.7 Å². The molecular weight excluding hydrogens is 431 g/mol. The van der Waals surface area contributed by atoms with Crippen LogP contribution in [0.2, 0.25) is 10.0 Å². The Morgan fingerprint density at radius 1 is 0.931 bits per heavy atom. The van der Waals surface area contributed by atoms with Crippen molar-refractivity contribution in [3.8, 4) is 17.2 Å². The number of halogens is 2. The molecule has 29 heavy (non-hydrogen) atoms. The molecule has 5 nitrogen and oxygen atoms in total. The Morgan fingerprint density at radius 2 is 1.62 bits per heavy atom. The molecule has 0 spiro atoms. The molecule has 0 aliphatic rings. The molecule has 0 atom stereocenters. The van der Waals surface area contributed by atoms with Gasteiger partial charge in [0.1, 0.15) is 22.8 Å². The standard InChI is InChI=1S/C21H16Cl2N2O3S/c1-13-24-21-18(23)4-3-5-19(21)25(13)20-12-15(8-11-17(20)22)28-14-6-9-16(10-7-14)29(2,26)27/h3-12H,1-2H3. The molecule has 0 unspecified atom stereocenters. The van der Waals surface area contributed by atoms with Crippen molar-refractivity contribution in [2.75, 3.05) is 6.26 Å². The van der Waals surface area contributed by atoms with Crippen molar-refractivity contribution in [3.63, 3.8) is 0 Å². The van der Waals surface area contributed by atoms with Gasteiger partial charge in [-0.3, -0.25) is 4.57 Å². The van der Waals surface area contributed by atoms with E-state index in [1.165, 1.54) is 18.4 Å². The van der Waals surface area contributed by atoms with Crippen molar-refractivity contribution < 1.29 is 13.2 Å². The Balaban J connectivity index is 1.74. The number of para-hydroxylation sites is 1. The fourth-order valence-corrected chi connectivity index (χ4v) is 4.15. The third-order valence-corrected chi connectivity index (χ3v) is 6.20. The Labute approximate surface area is 178 Å². The lowest BCUT2D eigenvalue weighted by molar-refractivity contribution is 0.482. The van der Waals surface area contributed by atoms with Crippen molar-refractivity contribution >= 4 is 44.1 Å². The number of fused-ring (bicyclic) bond motifs is 1. The SMILES string of the molecule is Cc1nc2c(Cl)cccc2n1-c1cc(Oc2ccc(S(C)(=O)=O)cc2)ccc1Cl. The minimum absolute atomic E-state index is 0.235. The molecule has 3 aromatic carbocycles. The van der Waals surface area contributed by atoms with Crippen LogP contribution < -0.4 is 4.74 Å². The van der Waals surface area contributed by atoms with Crippen LogP contribution in [0.15, 0.2) is 65.6 Å². The van der Waals surface area contributed by atoms with Crippen LogP contribution in [-0.4, -0.2) is 24.2 Å². The largest absolute Gasteiger partial charge is 0.457 e. The van der Waals surface area contributed by atoms with E-state index in [1.807, 2.05) is 29.7 Å². The first-order chi connectivity index (χ1) is 13.7. The van der Waals surface area contributed by atoms with E-state index in [0.717, 1.165) is 11.3 Å². The number of aromatic nitrogens is 2. The highest BCUT2D eigenvalue weighted by molar-refractivity contribution is 7.90. The summed E-state index contributed by atoms with van der Waals surface area (Å²) in [4.78, 5) is 4.79. The highest BCUT2D eigenvalue weighted by atomic mass is 35.5. The van der Waals surface area contributed by atoms with Gasteiger partial charge >= 0.3 is 0 Å². The summed E-state index contributed by atoms with van der Waals surface area (Å²) in [6, 6.07) is 17.1. The van der Waals surface area contributed by atoms with E-state index in [-0.39, 0.29) is 4.90 Å². The normalized spacial score (nSPS) is 11.7. The molecule has 0 aliphatic heterocycles. The van der Waals surface area contributed by atoms with Gasteiger partial charge in [-0.15, -0.1) is 0 Å². The quantitative estimate of drug-likeness (QED) is 0.395. The lowest BCUT2D eigenvalue weighted by atomic mass is 10.2. The van der Waals surface area contributed by atoms with E-state index >= 15 is 0 Å². The molecule has 0 amide bonds. The summed E-state index contributed by atoms with van der Waals surface area (Å²) < 4.78 is 31.0. The Bertz CT molecular complexity index is 1330. The Morgan fingerprint density at radius 3 is 2.31 bits per heavy atom. The number of benzene rings is 3. The van der Waals surface area contributed by atoms with Gasteiger partial charge in [0.15, 0.2) is 9.84 Å². The predicted octanol–water partition coefficient (Wildman–Crippen LogP) is 5.84. The molecule has 1 aromatic heterocycles. The number of aryl methyl sites for hydroxylation is 1. The highest BCUT2D eigenvalue weighted by Crippen LogP contribution is 2.33. The summed E-state index contributed by atoms with van der Waals surface area (Å²) in [7, 11) is -3.26. The van der Waals surface area contributed by atoms with Gasteiger partial charge in [0.2, 0.25) is 0 Å². The molecular formula is C21H16Cl2N2O3S. The number of sulfone groups is 1. The van der Waals surface area contributed by atoms with Crippen molar-refractivity contribution in [1.82, 2.24) is 9.55 Å². The van der Waals surface area contributed by atoms with Gasteiger partial charge in [-0.1, -0.05) is 29.3 Å². The van der Waals surface area contributed by atoms with Gasteiger partial charge in [-0.05, 0) is 55.5 Å². The van der Waals surface area contributed by atoms with Crippen molar-refractivity contribution in [2.24, 2.45) is 0 Å². The van der Waals surface area contributed by atoms with Crippen LogP contribution in [-0.2, 0) is 9.84 Å². The third kappa shape index (κ3) is 3.83. The number of rotatable bonds is 4. The van der Waals surface area contributed by atoms with Crippen LogP contribution in [0.3, 0.4) is 0 Å². The second-order valence-electron chi connectivity index (χ2n) is 6.56. The van der Waals surface area contributed by atoms with Crippen LogP contribution in [0.5, 0.6) is 11.5 Å². The van der Waals surface area contributed by atoms with E-state index in [0.29, 0.717) is 32.7 Å². The molecule has 0 bridgehead atoms. The van der Waals surface area contributed by atoms with Gasteiger partial charge in [0.05, 0.1) is 26.1 Å². The number of nitrogens with zero attached hydrogens (tertiary/aromatic N) is 2. The zero-order valence-electron chi connectivity index (χ0n) is 15.6. The molecule has 4 aromatic rings. The molecule has 0 fully saturated rings. The minimum atomic E-state index is -3.26. The second-order valence-corrected chi connectivity index (χ2v) is 9.39. The Kier molecular flexibility index (Phi) is 5.02. The average Bonchev–Trinajstić information content (AvgIpc) is 3.00. The first kappa shape index (κ1) is 19.8. The molecule has 4 rings (SSSR count). The molecule has 0 aliphatic carbocycles. The van der Waals surface area contributed by atoms with E-state index in [2.05, 4.69) is 4.98 Å². The average molecular weight is 447 g/mol. The summed E-state index contributed by atoms with van der Waals surface area (Å²) >= 11 is 12.7. The van der Waals surface area contributed by atoms with Gasteiger partial charge in [0, 0.05) is 12.3 Å². The van der Waals surface area contributed by atoms with Crippen LogP contribution in [0, 0.1) is 6.92 Å². The molecule has 0 radical (unpaired) electrons. The maximum absolute atomic E-state index is 11.6. The molecule has 0 saturated heterocycles. The fourth-order valence-electron chi connectivity index (χ4n) is 3.10. The van der Waals surface area contributed by atoms with E-state index < -0.39 is 9.84 Å². The lowest BCUT2D eigenvalue weighted by Gasteiger charge is -2.12. The van der Waals surface area contributed by atoms with Gasteiger partial charge in [0.25, 0.3) is 0 Å². The van der Waals surface area contributed by atoms with Crippen molar-refractivity contribution in [1.29, 1.82) is 0 Å². The maximum Gasteiger partial charge on any atom is 0.175 e. The molecule has 1 heterocycles. The molecule has 0 N–H and O–H groups in total. The molecule has 0 saturated carbocycles. The van der Waals surface area contributed by atoms with Crippen LogP contribution >= 0.6 is 23.2 Å². The summed E-state index contributed by atoms with van der Waals surface area (Å²) in [5.74, 6) is 1.81. The van der Waals surface area contributed by atoms with Crippen LogP contribution in [0.1, 0.15) is 5.82 Å². The summed E-state index contributed by atoms with van der Waals surface area (Å²) in [5.41, 5.74) is 2.25. The summed E-state index contributed by atoms with van der Waals surface area (Å²) in [6.45, 7) is 1.88. The van der Waals surface area contributed by atoms with Crippen molar-refractivity contribution in [2.45, 2.75) is 11.8 Å². The zero-order chi connectivity index (χ0) is 20.8. The number of ether oxygens (including phenoxy) is 1. The number of hydrogen-bond acceptors (Lipinski definition) is 4. The highest BCUT2D eigenvalue weighted by Gasteiger charge is 2.15. The summed E-state index contributed by atoms with van der Waals surface area (Å²) in [6.07, 6.45) is 1.17. The fraction of sp³-hybridized carbons (Fsp3) is 0.0952. The number of imidazole rings is 1. The van der Waals surface area contributed by atoms with Gasteiger partial charge < -0.3 is 4.74 Å². The minimum Gasteiger partial charge on any atom is -0.457 e. The monoisotopic (exact) mass is 446 g/mol. The Hall–Kier alpha value is -2.54. The first-order valence-corrected chi connectivity index (χ1v) is 11.3. The van der Waals surface area contributed by atoms with E-state index in [9.17, 15) is 8.42 Å². The topological polar surface area (TPSA) is 61.2 Å². The number of hydrogen-bond donors (Lipinski definition) is 0. The lowest BCUT2D eigenvalue weighted by Crippen LogP contribution is -1.99. The van der Waals surface area contributed by atoms with Crippen molar-refractivity contribution in [3.05, 3.63) is 76.5 Å².